The Bertz CT molecular complexity index is 522. The number of nitrogens with zero attached hydrogens (tertiary/aromatic N) is 2. The van der Waals surface area contributed by atoms with E-state index < -0.39 is 0 Å². The molecule has 0 bridgehead atoms. The molecule has 5 heteroatoms. The van der Waals surface area contributed by atoms with Crippen molar-refractivity contribution in [1.29, 1.82) is 0 Å². The van der Waals surface area contributed by atoms with E-state index >= 15 is 0 Å². The van der Waals surface area contributed by atoms with Crippen LogP contribution in [0.5, 0.6) is 0 Å². The fourth-order valence-corrected chi connectivity index (χ4v) is 3.46. The number of anilines is 1. The predicted octanol–water partition coefficient (Wildman–Crippen LogP) is 2.06. The number of hydrogen-bond donors (Lipinski definition) is 1. The van der Waals surface area contributed by atoms with Crippen LogP contribution in [-0.4, -0.2) is 43.0 Å². The number of hydrogen-bond acceptors (Lipinski definition) is 3. The van der Waals surface area contributed by atoms with Crippen LogP contribution < -0.4 is 10.6 Å². The van der Waals surface area contributed by atoms with E-state index in [9.17, 15) is 4.79 Å². The molecule has 0 saturated carbocycles. The summed E-state index contributed by atoms with van der Waals surface area (Å²) in [6.07, 6.45) is 3.13. The lowest BCUT2D eigenvalue weighted by Crippen LogP contribution is -2.50. The number of benzene rings is 1. The van der Waals surface area contributed by atoms with E-state index in [0.29, 0.717) is 12.5 Å². The van der Waals surface area contributed by atoms with E-state index in [1.165, 1.54) is 5.56 Å². The van der Waals surface area contributed by atoms with Gasteiger partial charge < -0.3 is 10.6 Å². The minimum Gasteiger partial charge on any atom is -0.327 e. The first-order valence-corrected chi connectivity index (χ1v) is 8.01. The van der Waals surface area contributed by atoms with Crippen molar-refractivity contribution in [2.24, 2.45) is 11.7 Å². The monoisotopic (exact) mass is 323 g/mol. The molecule has 1 aromatic carbocycles. The lowest BCUT2D eigenvalue weighted by Gasteiger charge is -2.36. The quantitative estimate of drug-likeness (QED) is 0.906. The molecule has 122 valence electrons. The molecule has 0 spiro atoms. The number of likely N-dealkylation sites (tertiary alicyclic amines) is 1. The summed E-state index contributed by atoms with van der Waals surface area (Å²) < 4.78 is 0. The van der Waals surface area contributed by atoms with Gasteiger partial charge in [-0.05, 0) is 36.8 Å². The number of amides is 1. The Balaban J connectivity index is 0.00000176. The lowest BCUT2D eigenvalue weighted by atomic mass is 9.95. The number of rotatable bonds is 2. The molecule has 2 unspecified atom stereocenters. The molecule has 1 aromatic rings. The van der Waals surface area contributed by atoms with E-state index in [1.807, 2.05) is 11.0 Å². The third-order valence-electron chi connectivity index (χ3n) is 4.83. The summed E-state index contributed by atoms with van der Waals surface area (Å²) in [4.78, 5) is 16.9. The highest BCUT2D eigenvalue weighted by Gasteiger charge is 2.27. The summed E-state index contributed by atoms with van der Waals surface area (Å²) in [6, 6.07) is 8.57. The first-order valence-electron chi connectivity index (χ1n) is 8.01. The van der Waals surface area contributed by atoms with Gasteiger partial charge in [0.25, 0.3) is 0 Å². The van der Waals surface area contributed by atoms with Gasteiger partial charge in [-0.2, -0.15) is 0 Å². The molecule has 0 aromatic heterocycles. The second kappa shape index (κ2) is 7.44. The zero-order chi connectivity index (χ0) is 14.8. The number of carbonyl (C=O) groups excluding carboxylic acids is 1. The van der Waals surface area contributed by atoms with Crippen LogP contribution in [0.4, 0.5) is 5.69 Å². The van der Waals surface area contributed by atoms with Gasteiger partial charge in [-0.3, -0.25) is 9.69 Å². The molecule has 1 saturated heterocycles. The van der Waals surface area contributed by atoms with Gasteiger partial charge in [0.15, 0.2) is 0 Å². The highest BCUT2D eigenvalue weighted by atomic mass is 35.5. The molecule has 2 N–H and O–H groups in total. The molecule has 2 aliphatic rings. The smallest absolute Gasteiger partial charge is 0.241 e. The molecular weight excluding hydrogens is 298 g/mol. The second-order valence-electron chi connectivity index (χ2n) is 6.44. The molecule has 0 radical (unpaired) electrons. The number of para-hydroxylation sites is 1. The predicted molar refractivity (Wildman–Crippen MR) is 92.6 cm³/mol. The molecular formula is C17H26ClN3O. The summed E-state index contributed by atoms with van der Waals surface area (Å²) >= 11 is 0. The molecule has 22 heavy (non-hydrogen) atoms. The van der Waals surface area contributed by atoms with Gasteiger partial charge in [0, 0.05) is 31.4 Å². The molecule has 2 heterocycles. The number of piperidine rings is 1. The summed E-state index contributed by atoms with van der Waals surface area (Å²) in [5.74, 6) is 0.699. The van der Waals surface area contributed by atoms with Crippen molar-refractivity contribution in [2.45, 2.75) is 32.2 Å². The van der Waals surface area contributed by atoms with Crippen molar-refractivity contribution in [1.82, 2.24) is 4.90 Å². The van der Waals surface area contributed by atoms with Crippen molar-refractivity contribution >= 4 is 24.0 Å². The topological polar surface area (TPSA) is 49.6 Å². The molecule has 1 amide bonds. The molecule has 2 aliphatic heterocycles. The molecule has 2 atom stereocenters. The van der Waals surface area contributed by atoms with E-state index in [1.54, 1.807) is 0 Å². The summed E-state index contributed by atoms with van der Waals surface area (Å²) in [5, 5.41) is 0. The van der Waals surface area contributed by atoms with Crippen LogP contribution in [0.3, 0.4) is 0 Å². The normalized spacial score (nSPS) is 25.3. The van der Waals surface area contributed by atoms with Crippen molar-refractivity contribution in [2.75, 3.05) is 31.1 Å². The number of carbonyl (C=O) groups is 1. The first kappa shape index (κ1) is 17.3. The number of halogens is 1. The zero-order valence-corrected chi connectivity index (χ0v) is 14.0. The third-order valence-corrected chi connectivity index (χ3v) is 4.83. The van der Waals surface area contributed by atoms with Gasteiger partial charge in [0.1, 0.15) is 0 Å². The molecule has 0 aliphatic carbocycles. The van der Waals surface area contributed by atoms with Crippen LogP contribution in [0.2, 0.25) is 0 Å². The van der Waals surface area contributed by atoms with E-state index in [-0.39, 0.29) is 24.4 Å². The number of nitrogens with two attached hydrogens (primary N) is 1. The average Bonchev–Trinajstić information content (AvgIpc) is 2.50. The van der Waals surface area contributed by atoms with Crippen LogP contribution >= 0.6 is 12.4 Å². The lowest BCUT2D eigenvalue weighted by molar-refractivity contribution is -0.120. The van der Waals surface area contributed by atoms with Gasteiger partial charge in [-0.25, -0.2) is 0 Å². The summed E-state index contributed by atoms with van der Waals surface area (Å²) in [7, 11) is 0. The highest BCUT2D eigenvalue weighted by molar-refractivity contribution is 5.95. The Morgan fingerprint density at radius 2 is 2.09 bits per heavy atom. The highest BCUT2D eigenvalue weighted by Crippen LogP contribution is 2.27. The van der Waals surface area contributed by atoms with Crippen LogP contribution in [0.15, 0.2) is 24.3 Å². The maximum Gasteiger partial charge on any atom is 0.241 e. The molecule has 4 nitrogen and oxygen atoms in total. The number of aryl methyl sites for hydroxylation is 1. The maximum absolute atomic E-state index is 12.7. The Hall–Kier alpha value is -1.10. The van der Waals surface area contributed by atoms with Crippen molar-refractivity contribution < 1.29 is 4.79 Å². The van der Waals surface area contributed by atoms with Crippen LogP contribution in [0.1, 0.15) is 25.3 Å². The van der Waals surface area contributed by atoms with Crippen LogP contribution in [-0.2, 0) is 11.2 Å². The fourth-order valence-electron chi connectivity index (χ4n) is 3.46. The largest absolute Gasteiger partial charge is 0.327 e. The van der Waals surface area contributed by atoms with E-state index in [2.05, 4.69) is 30.0 Å². The summed E-state index contributed by atoms with van der Waals surface area (Å²) in [5.41, 5.74) is 8.46. The van der Waals surface area contributed by atoms with Gasteiger partial charge in [0.2, 0.25) is 5.91 Å². The van der Waals surface area contributed by atoms with Crippen molar-refractivity contribution in [3.8, 4) is 0 Å². The third kappa shape index (κ3) is 3.62. The van der Waals surface area contributed by atoms with E-state index in [0.717, 1.165) is 44.6 Å². The molecule has 1 fully saturated rings. The average molecular weight is 324 g/mol. The van der Waals surface area contributed by atoms with Gasteiger partial charge >= 0.3 is 0 Å². The van der Waals surface area contributed by atoms with Gasteiger partial charge in [0.05, 0.1) is 6.54 Å². The minimum absolute atomic E-state index is 0. The standard InChI is InChI=1S/C17H25N3O.ClH/c1-13-11-19(10-8-15(13)18)12-17(21)20-9-4-6-14-5-2-3-7-16(14)20;/h2-3,5,7,13,15H,4,6,8-12,18H2,1H3;1H. The Labute approximate surface area is 139 Å². The van der Waals surface area contributed by atoms with Crippen molar-refractivity contribution in [3.63, 3.8) is 0 Å². The maximum atomic E-state index is 12.7. The second-order valence-corrected chi connectivity index (χ2v) is 6.44. The van der Waals surface area contributed by atoms with Crippen LogP contribution in [0, 0.1) is 5.92 Å². The fraction of sp³-hybridized carbons (Fsp3) is 0.588. The van der Waals surface area contributed by atoms with Gasteiger partial charge in [-0.1, -0.05) is 25.1 Å². The molecule has 3 rings (SSSR count). The van der Waals surface area contributed by atoms with Gasteiger partial charge in [-0.15, -0.1) is 12.4 Å². The van der Waals surface area contributed by atoms with Crippen LogP contribution in [0.25, 0.3) is 0 Å². The number of fused-ring (bicyclic) bond motifs is 1. The van der Waals surface area contributed by atoms with E-state index in [4.69, 9.17) is 5.73 Å². The Morgan fingerprint density at radius 3 is 2.86 bits per heavy atom. The Kier molecular flexibility index (Phi) is 5.84. The van der Waals surface area contributed by atoms with Crippen molar-refractivity contribution in [3.05, 3.63) is 29.8 Å². The first-order chi connectivity index (χ1) is 10.1. The SMILES string of the molecule is CC1CN(CC(=O)N2CCCc3ccccc32)CCC1N.Cl. The summed E-state index contributed by atoms with van der Waals surface area (Å²) in [6.45, 7) is 5.41. The Morgan fingerprint density at radius 1 is 1.32 bits per heavy atom. The zero-order valence-electron chi connectivity index (χ0n) is 13.2. The minimum atomic E-state index is 0.